The van der Waals surface area contributed by atoms with Crippen LogP contribution in [0.25, 0.3) is 0 Å². The maximum atomic E-state index is 11.7. The first kappa shape index (κ1) is 20.3. The van der Waals surface area contributed by atoms with Gasteiger partial charge in [0, 0.05) is 11.4 Å². The summed E-state index contributed by atoms with van der Waals surface area (Å²) in [5.41, 5.74) is 0.933. The number of nitrogens with one attached hydrogen (secondary N) is 2. The number of benzene rings is 2. The summed E-state index contributed by atoms with van der Waals surface area (Å²) in [6.45, 7) is 0. The molecule has 0 aliphatic heterocycles. The molecule has 29 heavy (non-hydrogen) atoms. The van der Waals surface area contributed by atoms with Gasteiger partial charge in [0.05, 0.1) is 27.6 Å². The van der Waals surface area contributed by atoms with Crippen molar-refractivity contribution in [3.05, 3.63) is 74.5 Å². The largest absolute Gasteiger partial charge is 0.465 e. The van der Waals surface area contributed by atoms with Crippen LogP contribution in [0.2, 0.25) is 10.0 Å². The Hall–Kier alpha value is -3.43. The number of nitrogens with zero attached hydrogens (tertiary/aromatic N) is 3. The number of carbonyl (C=O) groups excluding carboxylic acids is 1. The second kappa shape index (κ2) is 8.72. The first-order valence-electron chi connectivity index (χ1n) is 8.06. The summed E-state index contributed by atoms with van der Waals surface area (Å²) < 4.78 is 4.64. The van der Waals surface area contributed by atoms with Gasteiger partial charge in [-0.15, -0.1) is 0 Å². The highest BCUT2D eigenvalue weighted by atomic mass is 35.5. The monoisotopic (exact) mass is 433 g/mol. The van der Waals surface area contributed by atoms with Gasteiger partial charge in [0.15, 0.2) is 0 Å². The maximum absolute atomic E-state index is 11.7. The van der Waals surface area contributed by atoms with Gasteiger partial charge in [-0.2, -0.15) is 0 Å². The van der Waals surface area contributed by atoms with Crippen LogP contribution in [0.15, 0.2) is 48.8 Å². The fourth-order valence-electron chi connectivity index (χ4n) is 2.39. The SMILES string of the molecule is COC(=O)c1ccc(Nc2ncnc(Nc3ccc(Cl)c(Cl)c3)c2[N+](=O)[O-])cc1. The van der Waals surface area contributed by atoms with E-state index in [1.54, 1.807) is 24.3 Å². The summed E-state index contributed by atoms with van der Waals surface area (Å²) in [7, 11) is 1.28. The van der Waals surface area contributed by atoms with Gasteiger partial charge in [-0.1, -0.05) is 23.2 Å². The molecule has 2 N–H and O–H groups in total. The third-order valence-electron chi connectivity index (χ3n) is 3.76. The lowest BCUT2D eigenvalue weighted by Gasteiger charge is -2.11. The minimum absolute atomic E-state index is 0.0293. The van der Waals surface area contributed by atoms with Crippen LogP contribution in [0.1, 0.15) is 10.4 Å². The van der Waals surface area contributed by atoms with E-state index in [2.05, 4.69) is 25.3 Å². The molecule has 0 bridgehead atoms. The first-order chi connectivity index (χ1) is 13.9. The number of carbonyl (C=O) groups is 1. The van der Waals surface area contributed by atoms with Crippen molar-refractivity contribution in [3.63, 3.8) is 0 Å². The average Bonchev–Trinajstić information content (AvgIpc) is 2.70. The van der Waals surface area contributed by atoms with E-state index >= 15 is 0 Å². The summed E-state index contributed by atoms with van der Waals surface area (Å²) in [5.74, 6) is -0.548. The van der Waals surface area contributed by atoms with Crippen molar-refractivity contribution in [1.82, 2.24) is 9.97 Å². The Morgan fingerprint density at radius 2 is 1.59 bits per heavy atom. The molecule has 1 heterocycles. The topological polar surface area (TPSA) is 119 Å². The van der Waals surface area contributed by atoms with Crippen molar-refractivity contribution >= 4 is 57.9 Å². The zero-order chi connectivity index (χ0) is 21.0. The van der Waals surface area contributed by atoms with Crippen molar-refractivity contribution in [3.8, 4) is 0 Å². The highest BCUT2D eigenvalue weighted by Crippen LogP contribution is 2.34. The van der Waals surface area contributed by atoms with E-state index in [9.17, 15) is 14.9 Å². The lowest BCUT2D eigenvalue weighted by Crippen LogP contribution is -2.06. The summed E-state index contributed by atoms with van der Waals surface area (Å²) >= 11 is 11.9. The summed E-state index contributed by atoms with van der Waals surface area (Å²) in [5, 5.41) is 18.0. The molecule has 0 fully saturated rings. The van der Waals surface area contributed by atoms with Crippen LogP contribution in [-0.4, -0.2) is 28.0 Å². The van der Waals surface area contributed by atoms with E-state index in [0.29, 0.717) is 22.0 Å². The number of esters is 1. The number of rotatable bonds is 6. The Bertz CT molecular complexity index is 1080. The molecule has 11 heteroatoms. The van der Waals surface area contributed by atoms with Crippen LogP contribution in [0, 0.1) is 10.1 Å². The molecule has 0 spiro atoms. The Morgan fingerprint density at radius 1 is 1.00 bits per heavy atom. The predicted octanol–water partition coefficient (Wildman–Crippen LogP) is 4.97. The second-order valence-corrected chi connectivity index (χ2v) is 6.44. The van der Waals surface area contributed by atoms with Crippen LogP contribution in [0.5, 0.6) is 0 Å². The van der Waals surface area contributed by atoms with E-state index < -0.39 is 10.9 Å². The number of nitro groups is 1. The van der Waals surface area contributed by atoms with Crippen LogP contribution < -0.4 is 10.6 Å². The van der Waals surface area contributed by atoms with Gasteiger partial charge < -0.3 is 15.4 Å². The van der Waals surface area contributed by atoms with Crippen molar-refractivity contribution in [1.29, 1.82) is 0 Å². The standard InChI is InChI=1S/C18H13Cl2N5O4/c1-29-18(26)10-2-4-11(5-3-10)23-16-15(25(27)28)17(22-9-21-16)24-12-6-7-13(19)14(20)8-12/h2-9H,1H3,(H2,21,22,23,24). The third-order valence-corrected chi connectivity index (χ3v) is 4.49. The van der Waals surface area contributed by atoms with Crippen LogP contribution in [-0.2, 0) is 4.74 Å². The summed E-state index contributed by atoms with van der Waals surface area (Å²) in [4.78, 5) is 30.5. The Kier molecular flexibility index (Phi) is 6.10. The van der Waals surface area contributed by atoms with Gasteiger partial charge in [-0.25, -0.2) is 14.8 Å². The quantitative estimate of drug-likeness (QED) is 0.317. The average molecular weight is 434 g/mol. The van der Waals surface area contributed by atoms with Crippen molar-refractivity contribution in [2.24, 2.45) is 0 Å². The Labute approximate surface area is 174 Å². The lowest BCUT2D eigenvalue weighted by atomic mass is 10.2. The predicted molar refractivity (Wildman–Crippen MR) is 109 cm³/mol. The number of methoxy groups -OCH3 is 1. The van der Waals surface area contributed by atoms with Crippen molar-refractivity contribution < 1.29 is 14.5 Å². The molecule has 3 aromatic rings. The van der Waals surface area contributed by atoms with Gasteiger partial charge in [-0.05, 0) is 42.5 Å². The minimum Gasteiger partial charge on any atom is -0.465 e. The zero-order valence-corrected chi connectivity index (χ0v) is 16.4. The molecule has 9 nitrogen and oxygen atoms in total. The molecular weight excluding hydrogens is 421 g/mol. The van der Waals surface area contributed by atoms with Crippen LogP contribution in [0.4, 0.5) is 28.7 Å². The molecule has 0 radical (unpaired) electrons. The Balaban J connectivity index is 1.91. The lowest BCUT2D eigenvalue weighted by molar-refractivity contribution is -0.383. The molecule has 3 rings (SSSR count). The highest BCUT2D eigenvalue weighted by Gasteiger charge is 2.23. The molecular formula is C18H13Cl2N5O4. The summed E-state index contributed by atoms with van der Waals surface area (Å²) in [6, 6.07) is 10.9. The van der Waals surface area contributed by atoms with E-state index in [1.807, 2.05) is 0 Å². The number of hydrogen-bond donors (Lipinski definition) is 2. The maximum Gasteiger partial charge on any atom is 0.353 e. The molecule has 0 saturated heterocycles. The number of halogens is 2. The van der Waals surface area contributed by atoms with E-state index in [-0.39, 0.29) is 22.3 Å². The van der Waals surface area contributed by atoms with Crippen molar-refractivity contribution in [2.45, 2.75) is 0 Å². The minimum atomic E-state index is -0.606. The smallest absolute Gasteiger partial charge is 0.353 e. The van der Waals surface area contributed by atoms with Gasteiger partial charge in [0.1, 0.15) is 6.33 Å². The molecule has 0 atom stereocenters. The molecule has 0 amide bonds. The molecule has 2 aromatic carbocycles. The van der Waals surface area contributed by atoms with Crippen LogP contribution in [0.3, 0.4) is 0 Å². The fourth-order valence-corrected chi connectivity index (χ4v) is 2.69. The van der Waals surface area contributed by atoms with Crippen LogP contribution >= 0.6 is 23.2 Å². The fraction of sp³-hybridized carbons (Fsp3) is 0.0556. The van der Waals surface area contributed by atoms with E-state index in [4.69, 9.17) is 23.2 Å². The summed E-state index contributed by atoms with van der Waals surface area (Å²) in [6.07, 6.45) is 1.18. The molecule has 148 valence electrons. The third kappa shape index (κ3) is 4.71. The number of hydrogen-bond acceptors (Lipinski definition) is 8. The van der Waals surface area contributed by atoms with E-state index in [1.165, 1.54) is 31.6 Å². The van der Waals surface area contributed by atoms with Gasteiger partial charge >= 0.3 is 11.7 Å². The second-order valence-electron chi connectivity index (χ2n) is 5.62. The first-order valence-corrected chi connectivity index (χ1v) is 8.81. The van der Waals surface area contributed by atoms with Gasteiger partial charge in [0.2, 0.25) is 11.6 Å². The molecule has 0 aliphatic carbocycles. The van der Waals surface area contributed by atoms with E-state index in [0.717, 1.165) is 0 Å². The number of aromatic nitrogens is 2. The highest BCUT2D eigenvalue weighted by molar-refractivity contribution is 6.42. The molecule has 0 unspecified atom stereocenters. The molecule has 0 saturated carbocycles. The normalized spacial score (nSPS) is 10.3. The Morgan fingerprint density at radius 3 is 2.14 bits per heavy atom. The number of anilines is 4. The van der Waals surface area contributed by atoms with Crippen molar-refractivity contribution in [2.75, 3.05) is 17.7 Å². The number of ether oxygens (including phenoxy) is 1. The molecule has 0 aliphatic rings. The zero-order valence-electron chi connectivity index (χ0n) is 14.8. The van der Waals surface area contributed by atoms with Gasteiger partial charge in [-0.3, -0.25) is 10.1 Å². The molecule has 1 aromatic heterocycles. The van der Waals surface area contributed by atoms with Gasteiger partial charge in [0.25, 0.3) is 0 Å².